The van der Waals surface area contributed by atoms with Gasteiger partial charge in [-0.1, -0.05) is 64.1 Å². The van der Waals surface area contributed by atoms with E-state index in [9.17, 15) is 0 Å². The Morgan fingerprint density at radius 3 is 1.12 bits per heavy atom. The molecule has 4 N–H and O–H groups in total. The van der Waals surface area contributed by atoms with E-state index >= 15 is 0 Å². The first-order valence-corrected chi connectivity index (χ1v) is 8.18. The molecule has 0 amide bonds. The van der Waals surface area contributed by atoms with Gasteiger partial charge in [0.1, 0.15) is 11.7 Å². The molecule has 0 bridgehead atoms. The summed E-state index contributed by atoms with van der Waals surface area (Å²) < 4.78 is 0. The highest BCUT2D eigenvalue weighted by molar-refractivity contribution is 5.86. The summed E-state index contributed by atoms with van der Waals surface area (Å²) in [5.74, 6) is 1.98. The Kier molecular flexibility index (Phi) is 14.3. The van der Waals surface area contributed by atoms with Crippen LogP contribution in [0.2, 0.25) is 0 Å². The number of para-hydroxylation sites is 2. The van der Waals surface area contributed by atoms with Crippen LogP contribution in [0.5, 0.6) is 0 Å². The molecule has 0 atom stereocenters. The lowest BCUT2D eigenvalue weighted by atomic mass is 10.2. The van der Waals surface area contributed by atoms with E-state index in [0.29, 0.717) is 23.5 Å². The summed E-state index contributed by atoms with van der Waals surface area (Å²) in [5, 5.41) is 0. The Morgan fingerprint density at radius 1 is 0.615 bits per heavy atom. The van der Waals surface area contributed by atoms with E-state index in [1.165, 1.54) is 0 Å². The van der Waals surface area contributed by atoms with Crippen LogP contribution < -0.4 is 11.5 Å². The third-order valence-electron chi connectivity index (χ3n) is 3.21. The second kappa shape index (κ2) is 14.2. The predicted octanol–water partition coefficient (Wildman–Crippen LogP) is 5.51. The minimum atomic E-state index is 0. The van der Waals surface area contributed by atoms with Gasteiger partial charge in [0.25, 0.3) is 0 Å². The van der Waals surface area contributed by atoms with Crippen molar-refractivity contribution in [1.82, 2.24) is 0 Å². The van der Waals surface area contributed by atoms with E-state index in [4.69, 9.17) is 11.5 Å². The topological polar surface area (TPSA) is 76.8 Å². The van der Waals surface area contributed by atoms with Gasteiger partial charge in [-0.05, 0) is 24.3 Å². The predicted molar refractivity (Wildman–Crippen MR) is 120 cm³/mol. The van der Waals surface area contributed by atoms with E-state index in [-0.39, 0.29) is 24.8 Å². The molecule has 0 radical (unpaired) electrons. The fourth-order valence-corrected chi connectivity index (χ4v) is 1.56. The third kappa shape index (κ3) is 10.7. The number of rotatable bonds is 4. The molecule has 0 saturated heterocycles. The first-order chi connectivity index (χ1) is 11.4. The molecule has 144 valence electrons. The summed E-state index contributed by atoms with van der Waals surface area (Å²) in [4.78, 5) is 8.51. The van der Waals surface area contributed by atoms with Crippen LogP contribution in [0.15, 0.2) is 70.6 Å². The highest BCUT2D eigenvalue weighted by Crippen LogP contribution is 2.11. The Bertz CT molecular complexity index is 595. The SMILES string of the molecule is CC(C)C(N)=Nc1ccccc1.CC(C)C(N)=Nc1ccccc1.Cl.Cl. The van der Waals surface area contributed by atoms with Gasteiger partial charge in [-0.2, -0.15) is 0 Å². The Labute approximate surface area is 169 Å². The molecule has 0 aromatic heterocycles. The second-order valence-corrected chi connectivity index (χ2v) is 6.05. The minimum absolute atomic E-state index is 0. The number of nitrogens with zero attached hydrogens (tertiary/aromatic N) is 2. The van der Waals surface area contributed by atoms with Crippen LogP contribution >= 0.6 is 24.8 Å². The van der Waals surface area contributed by atoms with Crippen LogP contribution in [0.4, 0.5) is 11.4 Å². The monoisotopic (exact) mass is 396 g/mol. The molecule has 2 aromatic rings. The fraction of sp³-hybridized carbons (Fsp3) is 0.300. The first-order valence-electron chi connectivity index (χ1n) is 8.18. The summed E-state index contributed by atoms with van der Waals surface area (Å²) in [6.07, 6.45) is 0. The van der Waals surface area contributed by atoms with Crippen molar-refractivity contribution in [2.45, 2.75) is 27.7 Å². The van der Waals surface area contributed by atoms with Gasteiger partial charge in [0.15, 0.2) is 0 Å². The lowest BCUT2D eigenvalue weighted by molar-refractivity contribution is 0.873. The van der Waals surface area contributed by atoms with Gasteiger partial charge in [-0.15, -0.1) is 24.8 Å². The Hall–Kier alpha value is -2.04. The van der Waals surface area contributed by atoms with Crippen LogP contribution in [0.3, 0.4) is 0 Å². The van der Waals surface area contributed by atoms with Gasteiger partial charge in [0.05, 0.1) is 11.4 Å². The van der Waals surface area contributed by atoms with Gasteiger partial charge < -0.3 is 11.5 Å². The van der Waals surface area contributed by atoms with Crippen molar-refractivity contribution >= 4 is 47.9 Å². The fourth-order valence-electron chi connectivity index (χ4n) is 1.56. The lowest BCUT2D eigenvalue weighted by Crippen LogP contribution is -2.17. The van der Waals surface area contributed by atoms with E-state index in [0.717, 1.165) is 11.4 Å². The molecule has 0 aliphatic heterocycles. The number of halogens is 2. The van der Waals surface area contributed by atoms with E-state index in [2.05, 4.69) is 9.98 Å². The molecule has 26 heavy (non-hydrogen) atoms. The van der Waals surface area contributed by atoms with Gasteiger partial charge in [-0.25, -0.2) is 9.98 Å². The van der Waals surface area contributed by atoms with E-state index < -0.39 is 0 Å². The van der Waals surface area contributed by atoms with Crippen molar-refractivity contribution in [2.75, 3.05) is 0 Å². The number of nitrogens with two attached hydrogens (primary N) is 2. The maximum absolute atomic E-state index is 5.70. The molecule has 0 fully saturated rings. The number of hydrogen-bond donors (Lipinski definition) is 2. The standard InChI is InChI=1S/2C10H14N2.2ClH/c2*1-8(2)10(11)12-9-6-4-3-5-7-9;;/h2*3-8H,1-2H3,(H2,11,12);2*1H. The van der Waals surface area contributed by atoms with Crippen molar-refractivity contribution in [1.29, 1.82) is 0 Å². The van der Waals surface area contributed by atoms with Crippen molar-refractivity contribution < 1.29 is 0 Å². The molecular formula is C20H30Cl2N4. The van der Waals surface area contributed by atoms with Crippen molar-refractivity contribution in [2.24, 2.45) is 33.3 Å². The van der Waals surface area contributed by atoms with Crippen LogP contribution in [0, 0.1) is 11.8 Å². The lowest BCUT2D eigenvalue weighted by Gasteiger charge is -2.02. The molecule has 4 nitrogen and oxygen atoms in total. The van der Waals surface area contributed by atoms with Crippen LogP contribution in [0.1, 0.15) is 27.7 Å². The Balaban J connectivity index is 0. The van der Waals surface area contributed by atoms with Gasteiger partial charge in [0.2, 0.25) is 0 Å². The number of benzene rings is 2. The quantitative estimate of drug-likeness (QED) is 0.527. The molecule has 2 rings (SSSR count). The van der Waals surface area contributed by atoms with Crippen molar-refractivity contribution in [3.63, 3.8) is 0 Å². The number of hydrogen-bond acceptors (Lipinski definition) is 2. The van der Waals surface area contributed by atoms with Crippen molar-refractivity contribution in [3.8, 4) is 0 Å². The van der Waals surface area contributed by atoms with Crippen LogP contribution in [-0.4, -0.2) is 11.7 Å². The third-order valence-corrected chi connectivity index (χ3v) is 3.21. The maximum Gasteiger partial charge on any atom is 0.102 e. The molecule has 0 spiro atoms. The highest BCUT2D eigenvalue weighted by Gasteiger charge is 1.98. The molecule has 0 aliphatic rings. The molecule has 0 aliphatic carbocycles. The number of aliphatic imine (C=N–C) groups is 2. The Morgan fingerprint density at radius 2 is 0.885 bits per heavy atom. The van der Waals surface area contributed by atoms with Gasteiger partial charge in [-0.3, -0.25) is 0 Å². The van der Waals surface area contributed by atoms with Gasteiger partial charge >= 0.3 is 0 Å². The summed E-state index contributed by atoms with van der Waals surface area (Å²) in [6, 6.07) is 19.5. The van der Waals surface area contributed by atoms with Crippen molar-refractivity contribution in [3.05, 3.63) is 60.7 Å². The zero-order valence-corrected chi connectivity index (χ0v) is 17.4. The van der Waals surface area contributed by atoms with E-state index in [1.54, 1.807) is 0 Å². The molecule has 0 saturated carbocycles. The summed E-state index contributed by atoms with van der Waals surface area (Å²) in [5.41, 5.74) is 13.2. The zero-order chi connectivity index (χ0) is 17.9. The van der Waals surface area contributed by atoms with Gasteiger partial charge in [0, 0.05) is 11.8 Å². The summed E-state index contributed by atoms with van der Waals surface area (Å²) >= 11 is 0. The summed E-state index contributed by atoms with van der Waals surface area (Å²) in [6.45, 7) is 8.12. The van der Waals surface area contributed by atoms with E-state index in [1.807, 2.05) is 88.4 Å². The summed E-state index contributed by atoms with van der Waals surface area (Å²) in [7, 11) is 0. The highest BCUT2D eigenvalue weighted by atomic mass is 35.5. The second-order valence-electron chi connectivity index (χ2n) is 6.05. The minimum Gasteiger partial charge on any atom is -0.387 e. The molecule has 2 aromatic carbocycles. The zero-order valence-electron chi connectivity index (χ0n) is 15.8. The van der Waals surface area contributed by atoms with Crippen LogP contribution in [0.25, 0.3) is 0 Å². The first kappa shape index (κ1) is 26.2. The molecule has 0 unspecified atom stereocenters. The molecule has 0 heterocycles. The number of amidine groups is 2. The average molecular weight is 397 g/mol. The van der Waals surface area contributed by atoms with Crippen LogP contribution in [-0.2, 0) is 0 Å². The average Bonchev–Trinajstić information content (AvgIpc) is 2.57. The normalized spacial score (nSPS) is 11.2. The molecular weight excluding hydrogens is 367 g/mol. The maximum atomic E-state index is 5.70. The smallest absolute Gasteiger partial charge is 0.102 e. The molecule has 6 heteroatoms. The largest absolute Gasteiger partial charge is 0.387 e.